The lowest BCUT2D eigenvalue weighted by Crippen LogP contribution is -2.54. The summed E-state index contributed by atoms with van der Waals surface area (Å²) < 4.78 is 0. The van der Waals surface area contributed by atoms with Crippen LogP contribution in [0.2, 0.25) is 0 Å². The van der Waals surface area contributed by atoms with Gasteiger partial charge in [0.05, 0.1) is 11.2 Å². The van der Waals surface area contributed by atoms with Crippen molar-refractivity contribution in [2.45, 2.75) is 66.5 Å². The van der Waals surface area contributed by atoms with E-state index in [-0.39, 0.29) is 11.1 Å². The third-order valence-corrected chi connectivity index (χ3v) is 6.79. The van der Waals surface area contributed by atoms with E-state index in [4.69, 9.17) is 0 Å². The maximum Gasteiger partial charge on any atom is 0.335 e. The number of carbonyl (C=O) groups is 3. The molecular weight excluding hydrogens is 438 g/mol. The summed E-state index contributed by atoms with van der Waals surface area (Å²) in [6.45, 7) is 14.8. The first kappa shape index (κ1) is 24.5. The van der Waals surface area contributed by atoms with E-state index in [0.29, 0.717) is 18.2 Å². The molecule has 1 fully saturated rings. The van der Waals surface area contributed by atoms with E-state index in [2.05, 4.69) is 57.0 Å². The van der Waals surface area contributed by atoms with Crippen molar-refractivity contribution in [3.63, 3.8) is 0 Å². The van der Waals surface area contributed by atoms with Crippen LogP contribution in [-0.4, -0.2) is 29.4 Å². The van der Waals surface area contributed by atoms with Crippen molar-refractivity contribution in [2.24, 2.45) is 0 Å². The third kappa shape index (κ3) is 4.18. The Kier molecular flexibility index (Phi) is 6.18. The number of rotatable bonds is 4. The molecule has 0 saturated carbocycles. The number of nitrogens with one attached hydrogen (secondary N) is 1. The predicted molar refractivity (Wildman–Crippen MR) is 141 cm³/mol. The fourth-order valence-electron chi connectivity index (χ4n) is 5.37. The number of anilines is 2. The van der Waals surface area contributed by atoms with Crippen LogP contribution in [0, 0.1) is 6.92 Å². The molecule has 0 unspecified atom stereocenters. The molecular formula is C29H33N3O3. The quantitative estimate of drug-likeness (QED) is 0.463. The van der Waals surface area contributed by atoms with Gasteiger partial charge in [0.2, 0.25) is 0 Å². The molecule has 0 atom stereocenters. The normalized spacial score (nSPS) is 18.7. The van der Waals surface area contributed by atoms with E-state index in [9.17, 15) is 14.4 Å². The molecule has 1 saturated heterocycles. The average molecular weight is 472 g/mol. The van der Waals surface area contributed by atoms with Crippen molar-refractivity contribution < 1.29 is 14.4 Å². The van der Waals surface area contributed by atoms with Crippen molar-refractivity contribution in [3.8, 4) is 0 Å². The lowest BCUT2D eigenvalue weighted by molar-refractivity contribution is -0.122. The number of aryl methyl sites for hydroxylation is 2. The van der Waals surface area contributed by atoms with E-state index in [1.807, 2.05) is 32.0 Å². The Morgan fingerprint density at radius 1 is 1.03 bits per heavy atom. The van der Waals surface area contributed by atoms with Gasteiger partial charge in [-0.05, 0) is 94.5 Å². The second-order valence-electron chi connectivity index (χ2n) is 10.1. The molecule has 0 spiro atoms. The molecule has 2 aliphatic heterocycles. The first-order chi connectivity index (χ1) is 16.5. The van der Waals surface area contributed by atoms with Crippen LogP contribution in [0.5, 0.6) is 0 Å². The van der Waals surface area contributed by atoms with Crippen LogP contribution >= 0.6 is 0 Å². The van der Waals surface area contributed by atoms with Gasteiger partial charge in [-0.15, -0.1) is 0 Å². The number of hydrogen-bond acceptors (Lipinski definition) is 4. The second-order valence-corrected chi connectivity index (χ2v) is 10.1. The monoisotopic (exact) mass is 471 g/mol. The SMILES string of the molecule is CCc1ccccc1N1C(=O)NC(=O)/C(=C\c2cc3c(cc2C)N(C(C)C)C(C)(C)C=C3C)C1=O. The van der Waals surface area contributed by atoms with Gasteiger partial charge in [0.15, 0.2) is 0 Å². The zero-order valence-electron chi connectivity index (χ0n) is 21.5. The van der Waals surface area contributed by atoms with Gasteiger partial charge in [-0.3, -0.25) is 14.9 Å². The highest BCUT2D eigenvalue weighted by Gasteiger charge is 2.38. The van der Waals surface area contributed by atoms with E-state index in [1.165, 1.54) is 0 Å². The molecule has 4 amide bonds. The molecule has 182 valence electrons. The van der Waals surface area contributed by atoms with Gasteiger partial charge in [0.1, 0.15) is 5.57 Å². The van der Waals surface area contributed by atoms with E-state index >= 15 is 0 Å². The number of hydrogen-bond donors (Lipinski definition) is 1. The fraction of sp³-hybridized carbons (Fsp3) is 0.345. The standard InChI is InChI=1S/C29H33N3O3/c1-8-20-11-9-10-12-24(20)31-27(34)23(26(33)30-28(31)35)15-21-14-22-19(5)16-29(6,7)32(17(2)3)25(22)13-18(21)4/h9-17H,8H2,1-7H3,(H,30,33,35)/b23-15+. The molecule has 0 aliphatic carbocycles. The summed E-state index contributed by atoms with van der Waals surface area (Å²) in [5, 5.41) is 2.34. The Bertz CT molecular complexity index is 1300. The largest absolute Gasteiger partial charge is 0.360 e. The van der Waals surface area contributed by atoms with Gasteiger partial charge in [0, 0.05) is 17.3 Å². The molecule has 0 radical (unpaired) electrons. The summed E-state index contributed by atoms with van der Waals surface area (Å²) in [7, 11) is 0. The summed E-state index contributed by atoms with van der Waals surface area (Å²) in [5.41, 5.74) is 6.23. The molecule has 2 aliphatic rings. The molecule has 6 heteroatoms. The van der Waals surface area contributed by atoms with E-state index < -0.39 is 17.8 Å². The van der Waals surface area contributed by atoms with Crippen LogP contribution in [0.25, 0.3) is 11.6 Å². The minimum absolute atomic E-state index is 0.0583. The Morgan fingerprint density at radius 3 is 2.37 bits per heavy atom. The second kappa shape index (κ2) is 8.84. The zero-order valence-corrected chi connectivity index (χ0v) is 21.5. The zero-order chi connectivity index (χ0) is 25.7. The fourth-order valence-corrected chi connectivity index (χ4v) is 5.37. The van der Waals surface area contributed by atoms with E-state index in [1.54, 1.807) is 18.2 Å². The van der Waals surface area contributed by atoms with Gasteiger partial charge >= 0.3 is 6.03 Å². The first-order valence-electron chi connectivity index (χ1n) is 12.1. The topological polar surface area (TPSA) is 69.7 Å². The highest BCUT2D eigenvalue weighted by atomic mass is 16.2. The number of benzene rings is 2. The summed E-state index contributed by atoms with van der Waals surface area (Å²) in [6, 6.07) is 11.0. The highest BCUT2D eigenvalue weighted by molar-refractivity contribution is 6.39. The lowest BCUT2D eigenvalue weighted by Gasteiger charge is -2.46. The van der Waals surface area contributed by atoms with Crippen LogP contribution in [0.3, 0.4) is 0 Å². The van der Waals surface area contributed by atoms with Crippen molar-refractivity contribution in [1.29, 1.82) is 0 Å². The van der Waals surface area contributed by atoms with Gasteiger partial charge < -0.3 is 4.90 Å². The minimum Gasteiger partial charge on any atom is -0.360 e. The number of allylic oxidation sites excluding steroid dienone is 1. The Balaban J connectivity index is 1.82. The van der Waals surface area contributed by atoms with Gasteiger partial charge in [-0.25, -0.2) is 9.69 Å². The Hall–Kier alpha value is -3.67. The Morgan fingerprint density at radius 2 is 1.71 bits per heavy atom. The summed E-state index contributed by atoms with van der Waals surface area (Å²) in [4.78, 5) is 42.4. The van der Waals surface area contributed by atoms with Crippen LogP contribution in [0.4, 0.5) is 16.2 Å². The van der Waals surface area contributed by atoms with Crippen LogP contribution in [-0.2, 0) is 16.0 Å². The number of fused-ring (bicyclic) bond motifs is 1. The minimum atomic E-state index is -0.728. The lowest BCUT2D eigenvalue weighted by atomic mass is 9.85. The molecule has 0 aromatic heterocycles. The smallest absolute Gasteiger partial charge is 0.335 e. The number of nitrogens with zero attached hydrogens (tertiary/aromatic N) is 2. The molecule has 35 heavy (non-hydrogen) atoms. The molecule has 0 bridgehead atoms. The molecule has 2 aromatic carbocycles. The average Bonchev–Trinajstić information content (AvgIpc) is 2.76. The van der Waals surface area contributed by atoms with Crippen LogP contribution in [0.1, 0.15) is 63.8 Å². The maximum absolute atomic E-state index is 13.5. The molecule has 1 N–H and O–H groups in total. The summed E-state index contributed by atoms with van der Waals surface area (Å²) in [5.74, 6) is -1.30. The van der Waals surface area contributed by atoms with Crippen molar-refractivity contribution in [3.05, 3.63) is 70.3 Å². The number of imide groups is 2. The number of carbonyl (C=O) groups excluding carboxylic acids is 3. The van der Waals surface area contributed by atoms with Crippen molar-refractivity contribution >= 4 is 40.9 Å². The third-order valence-electron chi connectivity index (χ3n) is 6.79. The maximum atomic E-state index is 13.5. The van der Waals surface area contributed by atoms with Crippen LogP contribution < -0.4 is 15.1 Å². The van der Waals surface area contributed by atoms with Gasteiger partial charge in [-0.1, -0.05) is 31.2 Å². The van der Waals surface area contributed by atoms with E-state index in [0.717, 1.165) is 38.4 Å². The first-order valence-corrected chi connectivity index (χ1v) is 12.1. The number of barbiturate groups is 1. The van der Waals surface area contributed by atoms with Crippen molar-refractivity contribution in [1.82, 2.24) is 5.32 Å². The number of para-hydroxylation sites is 1. The number of urea groups is 1. The van der Waals surface area contributed by atoms with Crippen molar-refractivity contribution in [2.75, 3.05) is 9.80 Å². The summed E-state index contributed by atoms with van der Waals surface area (Å²) >= 11 is 0. The summed E-state index contributed by atoms with van der Waals surface area (Å²) in [6.07, 6.45) is 4.51. The van der Waals surface area contributed by atoms with Gasteiger partial charge in [-0.2, -0.15) is 0 Å². The molecule has 4 rings (SSSR count). The highest BCUT2D eigenvalue weighted by Crippen LogP contribution is 2.42. The Labute approximate surface area is 207 Å². The molecule has 6 nitrogen and oxygen atoms in total. The van der Waals surface area contributed by atoms with Crippen LogP contribution in [0.15, 0.2) is 48.0 Å². The number of amides is 4. The van der Waals surface area contributed by atoms with Gasteiger partial charge in [0.25, 0.3) is 11.8 Å². The molecule has 2 heterocycles. The predicted octanol–water partition coefficient (Wildman–Crippen LogP) is 5.63. The molecule has 2 aromatic rings.